The summed E-state index contributed by atoms with van der Waals surface area (Å²) in [6, 6.07) is 6.71. The summed E-state index contributed by atoms with van der Waals surface area (Å²) in [5.41, 5.74) is 0.830. The molecule has 5 nitrogen and oxygen atoms in total. The number of carbonyl (C=O) groups is 3. The minimum Gasteiger partial charge on any atom is -0.462 e. The van der Waals surface area contributed by atoms with E-state index in [1.165, 1.54) is 4.90 Å². The number of hydrogen-bond acceptors (Lipinski definition) is 4. The first-order valence-electron chi connectivity index (χ1n) is 6.71. The molecule has 0 radical (unpaired) electrons. The molecule has 2 amide bonds. The largest absolute Gasteiger partial charge is 0.462 e. The van der Waals surface area contributed by atoms with Crippen LogP contribution in [0.5, 0.6) is 0 Å². The van der Waals surface area contributed by atoms with Crippen LogP contribution in [-0.2, 0) is 9.53 Å². The number of hydrogen-bond donors (Lipinski definition) is 0. The quantitative estimate of drug-likeness (QED) is 0.463. The van der Waals surface area contributed by atoms with Gasteiger partial charge in [-0.25, -0.2) is 0 Å². The summed E-state index contributed by atoms with van der Waals surface area (Å²) in [5, 5.41) is 0. The topological polar surface area (TPSA) is 63.7 Å². The normalized spacial score (nSPS) is 15.3. The zero-order valence-corrected chi connectivity index (χ0v) is 13.4. The van der Waals surface area contributed by atoms with E-state index in [1.54, 1.807) is 38.1 Å². The third-order valence-corrected chi connectivity index (χ3v) is 3.92. The van der Waals surface area contributed by atoms with Crippen molar-refractivity contribution in [3.63, 3.8) is 0 Å². The third kappa shape index (κ3) is 3.32. The van der Waals surface area contributed by atoms with Gasteiger partial charge < -0.3 is 4.74 Å². The lowest BCUT2D eigenvalue weighted by molar-refractivity contribution is -0.146. The highest BCUT2D eigenvalue weighted by Crippen LogP contribution is 2.23. The number of rotatable bonds is 5. The zero-order chi connectivity index (χ0) is 15.6. The molecule has 1 unspecified atom stereocenters. The highest BCUT2D eigenvalue weighted by Gasteiger charge is 2.35. The van der Waals surface area contributed by atoms with Crippen LogP contribution in [0, 0.1) is 0 Å². The molecule has 21 heavy (non-hydrogen) atoms. The van der Waals surface area contributed by atoms with Gasteiger partial charge in [0.15, 0.2) is 0 Å². The molecule has 1 heterocycles. The number of amides is 2. The van der Waals surface area contributed by atoms with Crippen molar-refractivity contribution in [3.8, 4) is 0 Å². The maximum atomic E-state index is 12.1. The van der Waals surface area contributed by atoms with Gasteiger partial charge in [0.1, 0.15) is 4.83 Å². The molecule has 112 valence electrons. The highest BCUT2D eigenvalue weighted by atomic mass is 79.9. The molecule has 1 aromatic carbocycles. The molecule has 1 aromatic rings. The van der Waals surface area contributed by atoms with E-state index in [0.29, 0.717) is 17.5 Å². The number of imide groups is 1. The number of alkyl halides is 1. The molecule has 0 saturated carbocycles. The molecule has 0 fully saturated rings. The number of ether oxygens (including phenoxy) is 1. The number of carbonyl (C=O) groups excluding carboxylic acids is 3. The summed E-state index contributed by atoms with van der Waals surface area (Å²) in [6.07, 6.45) is 0.119. The second-order valence-corrected chi connectivity index (χ2v) is 6.15. The van der Waals surface area contributed by atoms with Crippen molar-refractivity contribution < 1.29 is 19.1 Å². The van der Waals surface area contributed by atoms with Gasteiger partial charge in [0.05, 0.1) is 17.2 Å². The number of fused-ring (bicyclic) bond motifs is 1. The van der Waals surface area contributed by atoms with Crippen molar-refractivity contribution >= 4 is 33.7 Å². The van der Waals surface area contributed by atoms with Gasteiger partial charge in [-0.15, -0.1) is 0 Å². The Morgan fingerprint density at radius 1 is 1.19 bits per heavy atom. The average Bonchev–Trinajstić information content (AvgIpc) is 2.68. The molecule has 1 atom stereocenters. The standard InChI is InChI=1S/C15H16BrNO4/c1-9(2)21-15(20)12(16)7-8-17-13(18)10-5-3-4-6-11(10)14(17)19/h3-6,9,12H,7-8H2,1-2H3. The Morgan fingerprint density at radius 3 is 2.19 bits per heavy atom. The second-order valence-electron chi connectivity index (χ2n) is 5.05. The maximum absolute atomic E-state index is 12.1. The van der Waals surface area contributed by atoms with Crippen LogP contribution in [0.15, 0.2) is 24.3 Å². The Kier molecular flexibility index (Phi) is 4.77. The monoisotopic (exact) mass is 353 g/mol. The van der Waals surface area contributed by atoms with Gasteiger partial charge in [0.25, 0.3) is 11.8 Å². The molecule has 1 aliphatic rings. The molecule has 6 heteroatoms. The van der Waals surface area contributed by atoms with Crippen molar-refractivity contribution in [2.24, 2.45) is 0 Å². The number of nitrogens with zero attached hydrogens (tertiary/aromatic N) is 1. The van der Waals surface area contributed by atoms with Crippen molar-refractivity contribution in [1.29, 1.82) is 0 Å². The van der Waals surface area contributed by atoms with Crippen LogP contribution in [-0.4, -0.2) is 40.2 Å². The molecular weight excluding hydrogens is 338 g/mol. The summed E-state index contributed by atoms with van der Waals surface area (Å²) >= 11 is 3.23. The van der Waals surface area contributed by atoms with Crippen LogP contribution in [0.3, 0.4) is 0 Å². The lowest BCUT2D eigenvalue weighted by atomic mass is 10.1. The van der Waals surface area contributed by atoms with Crippen LogP contribution in [0.4, 0.5) is 0 Å². The number of esters is 1. The first-order valence-corrected chi connectivity index (χ1v) is 7.63. The van der Waals surface area contributed by atoms with Gasteiger partial charge in [-0.3, -0.25) is 19.3 Å². The van der Waals surface area contributed by atoms with E-state index in [-0.39, 0.29) is 30.4 Å². The van der Waals surface area contributed by atoms with E-state index in [0.717, 1.165) is 0 Å². The molecule has 0 bridgehead atoms. The Balaban J connectivity index is 1.98. The van der Waals surface area contributed by atoms with Gasteiger partial charge in [0, 0.05) is 6.54 Å². The fourth-order valence-corrected chi connectivity index (χ4v) is 2.42. The predicted molar refractivity (Wildman–Crippen MR) is 80.4 cm³/mol. The fourth-order valence-electron chi connectivity index (χ4n) is 2.11. The van der Waals surface area contributed by atoms with E-state index >= 15 is 0 Å². The molecule has 0 spiro atoms. The van der Waals surface area contributed by atoms with Crippen molar-refractivity contribution in [3.05, 3.63) is 35.4 Å². The fraction of sp³-hybridized carbons (Fsp3) is 0.400. The van der Waals surface area contributed by atoms with E-state index in [1.807, 2.05) is 0 Å². The lowest BCUT2D eigenvalue weighted by Crippen LogP contribution is -2.33. The van der Waals surface area contributed by atoms with Crippen LogP contribution in [0.1, 0.15) is 41.0 Å². The second kappa shape index (κ2) is 6.39. The average molecular weight is 354 g/mol. The first-order chi connectivity index (χ1) is 9.91. The van der Waals surface area contributed by atoms with Gasteiger partial charge in [-0.1, -0.05) is 28.1 Å². The smallest absolute Gasteiger partial charge is 0.320 e. The van der Waals surface area contributed by atoms with Crippen LogP contribution < -0.4 is 0 Å². The SMILES string of the molecule is CC(C)OC(=O)C(Br)CCN1C(=O)c2ccccc2C1=O. The van der Waals surface area contributed by atoms with Crippen LogP contribution in [0.25, 0.3) is 0 Å². The van der Waals surface area contributed by atoms with E-state index in [2.05, 4.69) is 15.9 Å². The maximum Gasteiger partial charge on any atom is 0.320 e. The predicted octanol–water partition coefficient (Wildman–Crippen LogP) is 2.39. The minimum absolute atomic E-state index is 0.176. The van der Waals surface area contributed by atoms with E-state index in [9.17, 15) is 14.4 Å². The van der Waals surface area contributed by atoms with Gasteiger partial charge in [-0.2, -0.15) is 0 Å². The van der Waals surface area contributed by atoms with E-state index < -0.39 is 4.83 Å². The lowest BCUT2D eigenvalue weighted by Gasteiger charge is -2.17. The summed E-state index contributed by atoms with van der Waals surface area (Å²) in [5.74, 6) is -1.01. The Morgan fingerprint density at radius 2 is 1.71 bits per heavy atom. The summed E-state index contributed by atoms with van der Waals surface area (Å²) in [7, 11) is 0. The third-order valence-electron chi connectivity index (χ3n) is 3.09. The minimum atomic E-state index is -0.538. The summed E-state index contributed by atoms with van der Waals surface area (Å²) in [6.45, 7) is 3.71. The molecule has 2 rings (SSSR count). The van der Waals surface area contributed by atoms with Gasteiger partial charge in [-0.05, 0) is 32.4 Å². The van der Waals surface area contributed by atoms with Crippen molar-refractivity contribution in [1.82, 2.24) is 4.90 Å². The summed E-state index contributed by atoms with van der Waals surface area (Å²) in [4.78, 5) is 36.6. The van der Waals surface area contributed by atoms with Crippen LogP contribution in [0.2, 0.25) is 0 Å². The number of halogens is 1. The van der Waals surface area contributed by atoms with Crippen LogP contribution >= 0.6 is 15.9 Å². The molecule has 0 aliphatic carbocycles. The van der Waals surface area contributed by atoms with Crippen molar-refractivity contribution in [2.45, 2.75) is 31.2 Å². The number of benzene rings is 1. The molecule has 1 aliphatic heterocycles. The molecule has 0 aromatic heterocycles. The highest BCUT2D eigenvalue weighted by molar-refractivity contribution is 9.10. The van der Waals surface area contributed by atoms with Gasteiger partial charge >= 0.3 is 5.97 Å². The zero-order valence-electron chi connectivity index (χ0n) is 11.8. The van der Waals surface area contributed by atoms with E-state index in [4.69, 9.17) is 4.74 Å². The molecular formula is C15H16BrNO4. The molecule has 0 saturated heterocycles. The van der Waals surface area contributed by atoms with Crippen molar-refractivity contribution in [2.75, 3.05) is 6.54 Å². The van der Waals surface area contributed by atoms with Gasteiger partial charge in [0.2, 0.25) is 0 Å². The summed E-state index contributed by atoms with van der Waals surface area (Å²) < 4.78 is 5.07. The Bertz CT molecular complexity index is 550. The first kappa shape index (κ1) is 15.7. The Labute approximate surface area is 131 Å². The molecule has 0 N–H and O–H groups in total. The Hall–Kier alpha value is -1.69.